The van der Waals surface area contributed by atoms with Crippen LogP contribution in [0.5, 0.6) is 11.5 Å². The number of imidazole rings is 1. The molecule has 0 aliphatic carbocycles. The molecule has 0 unspecified atom stereocenters. The Kier molecular flexibility index (Phi) is 5.31. The van der Waals surface area contributed by atoms with Gasteiger partial charge in [-0.3, -0.25) is 4.79 Å². The van der Waals surface area contributed by atoms with Crippen LogP contribution in [0.25, 0.3) is 11.0 Å². The monoisotopic (exact) mass is 409 g/mol. The molecule has 1 aliphatic rings. The van der Waals surface area contributed by atoms with Gasteiger partial charge in [0.25, 0.3) is 0 Å². The van der Waals surface area contributed by atoms with Gasteiger partial charge < -0.3 is 23.7 Å². The number of hydrogen-bond donors (Lipinski definition) is 0. The van der Waals surface area contributed by atoms with E-state index >= 15 is 0 Å². The molecule has 0 spiro atoms. The van der Waals surface area contributed by atoms with Crippen molar-refractivity contribution in [2.24, 2.45) is 0 Å². The summed E-state index contributed by atoms with van der Waals surface area (Å²) in [7, 11) is 4.51. The molecule has 0 atom stereocenters. The first-order valence-electron chi connectivity index (χ1n) is 9.60. The van der Waals surface area contributed by atoms with Crippen LogP contribution in [0.3, 0.4) is 0 Å². The summed E-state index contributed by atoms with van der Waals surface area (Å²) in [6.45, 7) is 1.67. The zero-order chi connectivity index (χ0) is 21.3. The van der Waals surface area contributed by atoms with E-state index in [4.69, 9.17) is 14.2 Å². The van der Waals surface area contributed by atoms with Crippen molar-refractivity contribution in [1.82, 2.24) is 9.55 Å². The third-order valence-electron chi connectivity index (χ3n) is 5.24. The number of benzene rings is 2. The number of rotatable bonds is 7. The lowest BCUT2D eigenvalue weighted by Crippen LogP contribution is -2.29. The summed E-state index contributed by atoms with van der Waals surface area (Å²) < 4.78 is 17.4. The highest BCUT2D eigenvalue weighted by molar-refractivity contribution is 5.94. The van der Waals surface area contributed by atoms with Gasteiger partial charge in [-0.2, -0.15) is 0 Å². The molecule has 2 aromatic carbocycles. The molecule has 1 aromatic heterocycles. The number of ether oxygens (including phenoxy) is 3. The first-order valence-corrected chi connectivity index (χ1v) is 9.60. The minimum atomic E-state index is -0.382. The Morgan fingerprint density at radius 3 is 2.53 bits per heavy atom. The highest BCUT2D eigenvalue weighted by Gasteiger charge is 2.26. The Morgan fingerprint density at radius 1 is 1.00 bits per heavy atom. The summed E-state index contributed by atoms with van der Waals surface area (Å²) >= 11 is 0. The first-order chi connectivity index (χ1) is 14.5. The molecule has 0 bridgehead atoms. The number of anilines is 1. The van der Waals surface area contributed by atoms with E-state index in [-0.39, 0.29) is 18.3 Å². The lowest BCUT2D eigenvalue weighted by molar-refractivity contribution is -0.117. The maximum atomic E-state index is 12.7. The number of Topliss-reactive ketones (excluding diaryl/α,β-unsaturated/α-hetero) is 1. The van der Waals surface area contributed by atoms with Crippen molar-refractivity contribution < 1.29 is 23.8 Å². The average Bonchev–Trinajstić information content (AvgIpc) is 3.32. The summed E-state index contributed by atoms with van der Waals surface area (Å²) in [6.07, 6.45) is 0.295. The maximum Gasteiger partial charge on any atom is 0.337 e. The molecule has 0 saturated carbocycles. The average molecular weight is 409 g/mol. The SMILES string of the molecule is COC(=O)c1ccc2nc3n(c2c1)CCN3CC(=O)Cc1ccc(OC)c(OC)c1. The Labute approximate surface area is 174 Å². The molecular weight excluding hydrogens is 386 g/mol. The van der Waals surface area contributed by atoms with Gasteiger partial charge in [-0.1, -0.05) is 6.07 Å². The zero-order valence-electron chi connectivity index (χ0n) is 17.2. The van der Waals surface area contributed by atoms with Gasteiger partial charge in [-0.15, -0.1) is 0 Å². The molecule has 1 aliphatic heterocycles. The van der Waals surface area contributed by atoms with Crippen LogP contribution in [0.4, 0.5) is 5.95 Å². The van der Waals surface area contributed by atoms with Crippen molar-refractivity contribution in [1.29, 1.82) is 0 Å². The normalized spacial score (nSPS) is 12.7. The highest BCUT2D eigenvalue weighted by Crippen LogP contribution is 2.29. The molecular formula is C22H23N3O5. The lowest BCUT2D eigenvalue weighted by Gasteiger charge is -2.15. The number of carbonyl (C=O) groups is 2. The Morgan fingerprint density at radius 2 is 1.80 bits per heavy atom. The fourth-order valence-corrected chi connectivity index (χ4v) is 3.77. The number of hydrogen-bond acceptors (Lipinski definition) is 7. The van der Waals surface area contributed by atoms with E-state index in [0.29, 0.717) is 36.6 Å². The van der Waals surface area contributed by atoms with Gasteiger partial charge in [0.15, 0.2) is 17.3 Å². The molecule has 0 saturated heterocycles. The number of esters is 1. The molecule has 3 aromatic rings. The second kappa shape index (κ2) is 8.06. The van der Waals surface area contributed by atoms with Crippen LogP contribution in [0.2, 0.25) is 0 Å². The van der Waals surface area contributed by atoms with E-state index in [1.165, 1.54) is 7.11 Å². The summed E-state index contributed by atoms with van der Waals surface area (Å²) in [5.41, 5.74) is 3.00. The van der Waals surface area contributed by atoms with E-state index in [2.05, 4.69) is 4.98 Å². The van der Waals surface area contributed by atoms with Crippen molar-refractivity contribution in [3.8, 4) is 11.5 Å². The minimum Gasteiger partial charge on any atom is -0.493 e. The van der Waals surface area contributed by atoms with E-state index in [0.717, 1.165) is 22.5 Å². The largest absolute Gasteiger partial charge is 0.493 e. The number of carbonyl (C=O) groups excluding carboxylic acids is 2. The smallest absolute Gasteiger partial charge is 0.337 e. The number of ketones is 1. The summed E-state index contributed by atoms with van der Waals surface area (Å²) in [5.74, 6) is 1.68. The fraction of sp³-hybridized carbons (Fsp3) is 0.318. The van der Waals surface area contributed by atoms with E-state index < -0.39 is 0 Å². The second-order valence-corrected chi connectivity index (χ2v) is 7.08. The molecule has 0 N–H and O–H groups in total. The number of aromatic nitrogens is 2. The van der Waals surface area contributed by atoms with Gasteiger partial charge in [0.2, 0.25) is 5.95 Å². The molecule has 0 fully saturated rings. The van der Waals surface area contributed by atoms with Crippen LogP contribution in [-0.2, 0) is 22.5 Å². The van der Waals surface area contributed by atoms with E-state index in [1.807, 2.05) is 21.6 Å². The number of fused-ring (bicyclic) bond motifs is 3. The van der Waals surface area contributed by atoms with Crippen molar-refractivity contribution in [3.05, 3.63) is 47.5 Å². The van der Waals surface area contributed by atoms with Crippen LogP contribution in [0, 0.1) is 0 Å². The molecule has 2 heterocycles. The molecule has 0 radical (unpaired) electrons. The molecule has 8 heteroatoms. The van der Waals surface area contributed by atoms with Crippen molar-refractivity contribution in [2.75, 3.05) is 39.3 Å². The van der Waals surface area contributed by atoms with Gasteiger partial charge in [0.1, 0.15) is 0 Å². The first kappa shape index (κ1) is 19.8. The number of nitrogens with zero attached hydrogens (tertiary/aromatic N) is 3. The Bertz CT molecular complexity index is 1120. The van der Waals surface area contributed by atoms with Gasteiger partial charge in [0.05, 0.1) is 44.5 Å². The van der Waals surface area contributed by atoms with Crippen LogP contribution in [0.15, 0.2) is 36.4 Å². The van der Waals surface area contributed by atoms with Crippen molar-refractivity contribution in [3.63, 3.8) is 0 Å². The summed E-state index contributed by atoms with van der Waals surface area (Å²) in [6, 6.07) is 10.8. The van der Waals surface area contributed by atoms with Crippen molar-refractivity contribution >= 4 is 28.7 Å². The zero-order valence-corrected chi connectivity index (χ0v) is 17.2. The fourth-order valence-electron chi connectivity index (χ4n) is 3.77. The molecule has 4 rings (SSSR count). The van der Waals surface area contributed by atoms with Crippen LogP contribution in [0.1, 0.15) is 15.9 Å². The van der Waals surface area contributed by atoms with Gasteiger partial charge in [-0.05, 0) is 35.9 Å². The molecule has 156 valence electrons. The topological polar surface area (TPSA) is 82.9 Å². The van der Waals surface area contributed by atoms with Crippen LogP contribution < -0.4 is 14.4 Å². The van der Waals surface area contributed by atoms with Gasteiger partial charge >= 0.3 is 5.97 Å². The molecule has 8 nitrogen and oxygen atoms in total. The third-order valence-corrected chi connectivity index (χ3v) is 5.24. The maximum absolute atomic E-state index is 12.7. The number of methoxy groups -OCH3 is 3. The van der Waals surface area contributed by atoms with E-state index in [9.17, 15) is 9.59 Å². The highest BCUT2D eigenvalue weighted by atomic mass is 16.5. The van der Waals surface area contributed by atoms with E-state index in [1.54, 1.807) is 38.5 Å². The second-order valence-electron chi connectivity index (χ2n) is 7.08. The summed E-state index contributed by atoms with van der Waals surface area (Å²) in [5, 5.41) is 0. The van der Waals surface area contributed by atoms with Crippen LogP contribution >= 0.6 is 0 Å². The van der Waals surface area contributed by atoms with Crippen LogP contribution in [-0.4, -0.2) is 55.7 Å². The quantitative estimate of drug-likeness (QED) is 0.555. The predicted molar refractivity (Wildman–Crippen MR) is 112 cm³/mol. The minimum absolute atomic E-state index is 0.0815. The van der Waals surface area contributed by atoms with Gasteiger partial charge in [0, 0.05) is 19.5 Å². The standard InChI is InChI=1S/C22H23N3O5/c1-28-19-7-4-14(11-20(19)29-2)10-16(26)13-24-8-9-25-18-12-15(21(27)30-3)5-6-17(18)23-22(24)25/h4-7,11-12H,8-10,13H2,1-3H3. The molecule has 30 heavy (non-hydrogen) atoms. The predicted octanol–water partition coefficient (Wildman–Crippen LogP) is 2.47. The molecule has 0 amide bonds. The lowest BCUT2D eigenvalue weighted by atomic mass is 10.1. The Hall–Kier alpha value is -3.55. The van der Waals surface area contributed by atoms with Crippen molar-refractivity contribution in [2.45, 2.75) is 13.0 Å². The summed E-state index contributed by atoms with van der Waals surface area (Å²) in [4.78, 5) is 31.2. The van der Waals surface area contributed by atoms with Gasteiger partial charge in [-0.25, -0.2) is 9.78 Å². The Balaban J connectivity index is 1.51. The third kappa shape index (κ3) is 3.56.